The molecule has 0 aliphatic carbocycles. The molecule has 2 aliphatic rings. The maximum absolute atomic E-state index is 6.36. The van der Waals surface area contributed by atoms with Crippen molar-refractivity contribution in [1.82, 2.24) is 15.1 Å². The second-order valence-electron chi connectivity index (χ2n) is 7.05. The molecule has 4 rings (SSSR count). The third-order valence-corrected chi connectivity index (χ3v) is 5.48. The molecule has 2 fully saturated rings. The molecule has 1 aromatic carbocycles. The fourth-order valence-electron chi connectivity index (χ4n) is 4.22. The summed E-state index contributed by atoms with van der Waals surface area (Å²) in [6, 6.07) is 8.31. The van der Waals surface area contributed by atoms with Crippen molar-refractivity contribution in [2.75, 3.05) is 33.9 Å². The number of aromatic nitrogens is 2. The van der Waals surface area contributed by atoms with Gasteiger partial charge in [0.05, 0.1) is 26.0 Å². The van der Waals surface area contributed by atoms with Gasteiger partial charge in [-0.15, -0.1) is 0 Å². The van der Waals surface area contributed by atoms with E-state index in [0.29, 0.717) is 5.92 Å². The molecule has 2 aromatic rings. The summed E-state index contributed by atoms with van der Waals surface area (Å²) in [5.74, 6) is 1.27. The normalized spacial score (nSPS) is 29.5. The van der Waals surface area contributed by atoms with Crippen molar-refractivity contribution >= 4 is 0 Å². The van der Waals surface area contributed by atoms with Gasteiger partial charge in [0.25, 0.3) is 0 Å². The number of nitrogens with one attached hydrogen (secondary N) is 1. The first kappa shape index (κ1) is 16.6. The highest BCUT2D eigenvalue weighted by molar-refractivity contribution is 5.32. The van der Waals surface area contributed by atoms with Crippen LogP contribution in [0.4, 0.5) is 0 Å². The van der Waals surface area contributed by atoms with Gasteiger partial charge in [-0.05, 0) is 24.1 Å². The Morgan fingerprint density at radius 1 is 1.40 bits per heavy atom. The molecule has 0 saturated carbocycles. The summed E-state index contributed by atoms with van der Waals surface area (Å²) < 4.78 is 17.5. The first-order valence-corrected chi connectivity index (χ1v) is 8.73. The largest absolute Gasteiger partial charge is 0.497 e. The van der Waals surface area contributed by atoms with Crippen LogP contribution < -0.4 is 4.74 Å². The summed E-state index contributed by atoms with van der Waals surface area (Å²) in [6.45, 7) is 3.36. The average molecular weight is 343 g/mol. The highest BCUT2D eigenvalue weighted by Gasteiger charge is 2.52. The Bertz CT molecular complexity index is 706. The number of hydrogen-bond acceptors (Lipinski definition) is 5. The number of aromatic amines is 1. The minimum absolute atomic E-state index is 0.0926. The van der Waals surface area contributed by atoms with Crippen LogP contribution in [-0.4, -0.2) is 60.7 Å². The molecule has 1 spiro atoms. The first-order valence-electron chi connectivity index (χ1n) is 8.73. The van der Waals surface area contributed by atoms with Crippen molar-refractivity contribution in [2.45, 2.75) is 30.6 Å². The SMILES string of the molecule is COc1cccc([C@H]2CO[C@]3(C2)CN(Cc2cn[nH]c2)C[C@H]3OC)c1. The van der Waals surface area contributed by atoms with Gasteiger partial charge in [0, 0.05) is 44.4 Å². The second-order valence-corrected chi connectivity index (χ2v) is 7.05. The molecule has 25 heavy (non-hydrogen) atoms. The van der Waals surface area contributed by atoms with Crippen molar-refractivity contribution in [3.05, 3.63) is 47.8 Å². The Morgan fingerprint density at radius 2 is 2.32 bits per heavy atom. The van der Waals surface area contributed by atoms with Gasteiger partial charge < -0.3 is 14.2 Å². The van der Waals surface area contributed by atoms with Gasteiger partial charge in [0.15, 0.2) is 0 Å². The van der Waals surface area contributed by atoms with Gasteiger partial charge in [-0.1, -0.05) is 12.1 Å². The Labute approximate surface area is 148 Å². The van der Waals surface area contributed by atoms with E-state index >= 15 is 0 Å². The molecular weight excluding hydrogens is 318 g/mol. The van der Waals surface area contributed by atoms with E-state index in [4.69, 9.17) is 14.2 Å². The molecule has 1 aromatic heterocycles. The quantitative estimate of drug-likeness (QED) is 0.902. The van der Waals surface area contributed by atoms with Crippen molar-refractivity contribution in [2.24, 2.45) is 0 Å². The minimum atomic E-state index is -0.230. The average Bonchev–Trinajstić information content (AvgIpc) is 3.37. The van der Waals surface area contributed by atoms with E-state index in [1.807, 2.05) is 24.5 Å². The topological polar surface area (TPSA) is 59.6 Å². The fourth-order valence-corrected chi connectivity index (χ4v) is 4.22. The molecule has 6 nitrogen and oxygen atoms in total. The molecule has 3 atom stereocenters. The van der Waals surface area contributed by atoms with Gasteiger partial charge in [-0.25, -0.2) is 0 Å². The molecule has 0 unspecified atom stereocenters. The van der Waals surface area contributed by atoms with Crippen molar-refractivity contribution in [3.63, 3.8) is 0 Å². The molecule has 0 radical (unpaired) electrons. The van der Waals surface area contributed by atoms with Crippen molar-refractivity contribution in [1.29, 1.82) is 0 Å². The van der Waals surface area contributed by atoms with Crippen LogP contribution in [0.15, 0.2) is 36.7 Å². The second kappa shape index (κ2) is 6.78. The van der Waals surface area contributed by atoms with Crippen molar-refractivity contribution in [3.8, 4) is 5.75 Å². The van der Waals surface area contributed by atoms with Crippen LogP contribution in [0, 0.1) is 0 Å². The van der Waals surface area contributed by atoms with Crippen LogP contribution in [0.2, 0.25) is 0 Å². The lowest BCUT2D eigenvalue weighted by atomic mass is 9.87. The molecule has 6 heteroatoms. The maximum Gasteiger partial charge on any atom is 0.119 e. The Hall–Kier alpha value is -1.89. The predicted octanol–water partition coefficient (Wildman–Crippen LogP) is 2.19. The lowest BCUT2D eigenvalue weighted by molar-refractivity contribution is -0.0757. The van der Waals surface area contributed by atoms with E-state index in [0.717, 1.165) is 38.4 Å². The van der Waals surface area contributed by atoms with E-state index in [1.165, 1.54) is 11.1 Å². The standard InChI is InChI=1S/C19H25N3O3/c1-23-17-5-3-4-15(6-17)16-7-19(25-12-16)13-22(11-18(19)24-2)10-14-8-20-21-9-14/h3-6,8-9,16,18H,7,10-13H2,1-2H3,(H,20,21)/t16-,18-,19-/m1/s1. The zero-order chi connectivity index (χ0) is 17.3. The molecule has 3 heterocycles. The third kappa shape index (κ3) is 3.17. The number of nitrogens with zero attached hydrogens (tertiary/aromatic N) is 2. The third-order valence-electron chi connectivity index (χ3n) is 5.48. The Balaban J connectivity index is 1.49. The number of H-pyrrole nitrogens is 1. The van der Waals surface area contributed by atoms with Crippen LogP contribution in [0.5, 0.6) is 5.75 Å². The van der Waals surface area contributed by atoms with Crippen LogP contribution in [0.25, 0.3) is 0 Å². The minimum Gasteiger partial charge on any atom is -0.497 e. The van der Waals surface area contributed by atoms with Crippen LogP contribution >= 0.6 is 0 Å². The maximum atomic E-state index is 6.36. The van der Waals surface area contributed by atoms with E-state index < -0.39 is 0 Å². The lowest BCUT2D eigenvalue weighted by Gasteiger charge is -2.28. The molecule has 2 saturated heterocycles. The smallest absolute Gasteiger partial charge is 0.119 e. The van der Waals surface area contributed by atoms with Crippen LogP contribution in [0.3, 0.4) is 0 Å². The van der Waals surface area contributed by atoms with Crippen LogP contribution in [0.1, 0.15) is 23.5 Å². The molecule has 0 amide bonds. The molecule has 0 bridgehead atoms. The zero-order valence-electron chi connectivity index (χ0n) is 14.8. The Morgan fingerprint density at radius 3 is 3.08 bits per heavy atom. The van der Waals surface area contributed by atoms with Gasteiger partial charge in [-0.3, -0.25) is 10.00 Å². The van der Waals surface area contributed by atoms with Gasteiger partial charge in [-0.2, -0.15) is 5.10 Å². The van der Waals surface area contributed by atoms with Crippen molar-refractivity contribution < 1.29 is 14.2 Å². The van der Waals surface area contributed by atoms with Gasteiger partial charge >= 0.3 is 0 Å². The van der Waals surface area contributed by atoms with E-state index in [9.17, 15) is 0 Å². The summed E-state index contributed by atoms with van der Waals surface area (Å²) in [5.41, 5.74) is 2.24. The molecule has 134 valence electrons. The number of likely N-dealkylation sites (tertiary alicyclic amines) is 1. The highest BCUT2D eigenvalue weighted by atomic mass is 16.6. The fraction of sp³-hybridized carbons (Fsp3) is 0.526. The summed E-state index contributed by atoms with van der Waals surface area (Å²) in [7, 11) is 3.49. The lowest BCUT2D eigenvalue weighted by Crippen LogP contribution is -2.42. The summed E-state index contributed by atoms with van der Waals surface area (Å²) >= 11 is 0. The van der Waals surface area contributed by atoms with E-state index in [-0.39, 0.29) is 11.7 Å². The van der Waals surface area contributed by atoms with Gasteiger partial charge in [0.2, 0.25) is 0 Å². The number of benzene rings is 1. The van der Waals surface area contributed by atoms with E-state index in [1.54, 1.807) is 14.2 Å². The monoisotopic (exact) mass is 343 g/mol. The number of ether oxygens (including phenoxy) is 3. The molecule has 1 N–H and O–H groups in total. The number of hydrogen-bond donors (Lipinski definition) is 1. The predicted molar refractivity (Wildman–Crippen MR) is 93.7 cm³/mol. The first-order chi connectivity index (χ1) is 12.2. The molecule has 2 aliphatic heterocycles. The molecular formula is C19H25N3O3. The Kier molecular flexibility index (Phi) is 4.50. The number of rotatable bonds is 5. The number of methoxy groups -OCH3 is 2. The van der Waals surface area contributed by atoms with Gasteiger partial charge in [0.1, 0.15) is 11.4 Å². The van der Waals surface area contributed by atoms with Crippen LogP contribution in [-0.2, 0) is 16.0 Å². The summed E-state index contributed by atoms with van der Waals surface area (Å²) in [5, 5.41) is 6.91. The highest BCUT2D eigenvalue weighted by Crippen LogP contribution is 2.44. The summed E-state index contributed by atoms with van der Waals surface area (Å²) in [4.78, 5) is 2.40. The zero-order valence-corrected chi connectivity index (χ0v) is 14.8. The summed E-state index contributed by atoms with van der Waals surface area (Å²) in [6.07, 6.45) is 4.89. The van der Waals surface area contributed by atoms with E-state index in [2.05, 4.69) is 27.2 Å².